The Labute approximate surface area is 104 Å². The van der Waals surface area contributed by atoms with Crippen molar-refractivity contribution in [3.63, 3.8) is 0 Å². The van der Waals surface area contributed by atoms with Gasteiger partial charge in [-0.2, -0.15) is 0 Å². The molecule has 0 unspecified atom stereocenters. The average molecular weight is 262 g/mol. The molecule has 0 aliphatic carbocycles. The maximum Gasteiger partial charge on any atom is 0.321 e. The molecule has 0 spiro atoms. The first-order valence-electron chi connectivity index (χ1n) is 5.69. The van der Waals surface area contributed by atoms with Gasteiger partial charge in [0.15, 0.2) is 9.84 Å². The van der Waals surface area contributed by atoms with E-state index in [2.05, 4.69) is 6.58 Å². The standard InChI is InChI=1S/C12H22O4S/c1-5-6-7-8-9-16-11(13)10-17(14,15)12(2,3)4/h5H,1,6-10H2,2-4H3. The SMILES string of the molecule is C=CCCCCOC(=O)CS(=O)(=O)C(C)(C)C. The van der Waals surface area contributed by atoms with Crippen LogP contribution in [-0.2, 0) is 19.4 Å². The highest BCUT2D eigenvalue weighted by Gasteiger charge is 2.31. The molecule has 0 N–H and O–H groups in total. The number of rotatable bonds is 7. The molecule has 0 amide bonds. The van der Waals surface area contributed by atoms with Crippen molar-refractivity contribution in [1.82, 2.24) is 0 Å². The van der Waals surface area contributed by atoms with Gasteiger partial charge in [-0.3, -0.25) is 4.79 Å². The normalized spacial score (nSPS) is 12.2. The molecule has 4 nitrogen and oxygen atoms in total. The van der Waals surface area contributed by atoms with Gasteiger partial charge in [0.1, 0.15) is 5.75 Å². The number of hydrogen-bond donors (Lipinski definition) is 0. The number of sulfone groups is 1. The van der Waals surface area contributed by atoms with E-state index < -0.39 is 26.3 Å². The largest absolute Gasteiger partial charge is 0.465 e. The molecule has 0 fully saturated rings. The van der Waals surface area contributed by atoms with Crippen LogP contribution in [0.1, 0.15) is 40.0 Å². The number of allylic oxidation sites excluding steroid dienone is 1. The summed E-state index contributed by atoms with van der Waals surface area (Å²) in [6, 6.07) is 0. The van der Waals surface area contributed by atoms with E-state index in [1.54, 1.807) is 26.8 Å². The molecule has 17 heavy (non-hydrogen) atoms. The first kappa shape index (κ1) is 16.2. The van der Waals surface area contributed by atoms with E-state index in [1.165, 1.54) is 0 Å². The van der Waals surface area contributed by atoms with Gasteiger partial charge in [0, 0.05) is 0 Å². The minimum absolute atomic E-state index is 0.270. The zero-order chi connectivity index (χ0) is 13.5. The Bertz CT molecular complexity index is 349. The van der Waals surface area contributed by atoms with Gasteiger partial charge in [-0.15, -0.1) is 6.58 Å². The fourth-order valence-corrected chi connectivity index (χ4v) is 1.82. The molecule has 0 aromatic heterocycles. The molecule has 0 rings (SSSR count). The van der Waals surface area contributed by atoms with E-state index in [4.69, 9.17) is 4.74 Å². The Hall–Kier alpha value is -0.840. The van der Waals surface area contributed by atoms with E-state index in [9.17, 15) is 13.2 Å². The first-order valence-corrected chi connectivity index (χ1v) is 7.35. The molecule has 5 heteroatoms. The second-order valence-electron chi connectivity index (χ2n) is 4.88. The fraction of sp³-hybridized carbons (Fsp3) is 0.750. The topological polar surface area (TPSA) is 60.4 Å². The summed E-state index contributed by atoms with van der Waals surface area (Å²) < 4.78 is 27.3. The van der Waals surface area contributed by atoms with E-state index in [0.29, 0.717) is 0 Å². The molecular weight excluding hydrogens is 240 g/mol. The molecule has 0 saturated heterocycles. The lowest BCUT2D eigenvalue weighted by Gasteiger charge is -2.18. The van der Waals surface area contributed by atoms with Crippen LogP contribution in [0.15, 0.2) is 12.7 Å². The van der Waals surface area contributed by atoms with E-state index in [-0.39, 0.29) is 6.61 Å². The molecule has 0 radical (unpaired) electrons. The van der Waals surface area contributed by atoms with Crippen molar-refractivity contribution in [2.45, 2.75) is 44.8 Å². The average Bonchev–Trinajstić information content (AvgIpc) is 2.14. The van der Waals surface area contributed by atoms with Crippen LogP contribution in [0.2, 0.25) is 0 Å². The van der Waals surface area contributed by atoms with Crippen molar-refractivity contribution in [2.75, 3.05) is 12.4 Å². The van der Waals surface area contributed by atoms with Gasteiger partial charge in [-0.1, -0.05) is 6.08 Å². The van der Waals surface area contributed by atoms with Gasteiger partial charge in [-0.25, -0.2) is 8.42 Å². The summed E-state index contributed by atoms with van der Waals surface area (Å²) >= 11 is 0. The Morgan fingerprint density at radius 3 is 2.35 bits per heavy atom. The number of carbonyl (C=O) groups excluding carboxylic acids is 1. The van der Waals surface area contributed by atoms with Crippen LogP contribution in [0.5, 0.6) is 0 Å². The number of hydrogen-bond acceptors (Lipinski definition) is 4. The minimum Gasteiger partial charge on any atom is -0.465 e. The van der Waals surface area contributed by atoms with Crippen LogP contribution in [0.3, 0.4) is 0 Å². The predicted octanol–water partition coefficient (Wildman–Crippen LogP) is 2.10. The minimum atomic E-state index is -3.44. The van der Waals surface area contributed by atoms with Crippen LogP contribution in [-0.4, -0.2) is 31.5 Å². The fourth-order valence-electron chi connectivity index (χ4n) is 0.990. The zero-order valence-corrected chi connectivity index (χ0v) is 11.7. The highest BCUT2D eigenvalue weighted by atomic mass is 32.2. The quantitative estimate of drug-likeness (QED) is 0.400. The molecule has 0 atom stereocenters. The summed E-state index contributed by atoms with van der Waals surface area (Å²) in [7, 11) is -3.44. The third kappa shape index (κ3) is 6.46. The van der Waals surface area contributed by atoms with Crippen molar-refractivity contribution in [3.8, 4) is 0 Å². The Morgan fingerprint density at radius 1 is 1.29 bits per heavy atom. The maximum absolute atomic E-state index is 11.7. The summed E-state index contributed by atoms with van der Waals surface area (Å²) in [4.78, 5) is 11.3. The molecule has 100 valence electrons. The lowest BCUT2D eigenvalue weighted by molar-refractivity contribution is -0.140. The Kier molecular flexibility index (Phi) is 6.45. The second kappa shape index (κ2) is 6.79. The van der Waals surface area contributed by atoms with Gasteiger partial charge in [-0.05, 0) is 40.0 Å². The lowest BCUT2D eigenvalue weighted by Crippen LogP contribution is -2.34. The lowest BCUT2D eigenvalue weighted by atomic mass is 10.2. The van der Waals surface area contributed by atoms with Gasteiger partial charge in [0.25, 0.3) is 0 Å². The summed E-state index contributed by atoms with van der Waals surface area (Å²) in [6.07, 6.45) is 4.29. The van der Waals surface area contributed by atoms with Crippen molar-refractivity contribution >= 4 is 15.8 Å². The van der Waals surface area contributed by atoms with Crippen LogP contribution in [0.25, 0.3) is 0 Å². The van der Waals surface area contributed by atoms with Crippen LogP contribution >= 0.6 is 0 Å². The van der Waals surface area contributed by atoms with Gasteiger partial charge < -0.3 is 4.74 Å². The summed E-state index contributed by atoms with van der Waals surface area (Å²) in [5.41, 5.74) is 0. The number of ether oxygens (including phenoxy) is 1. The summed E-state index contributed by atoms with van der Waals surface area (Å²) in [5, 5.41) is 0. The van der Waals surface area contributed by atoms with E-state index in [1.807, 2.05) is 0 Å². The second-order valence-corrected chi connectivity index (χ2v) is 7.62. The molecule has 0 aromatic carbocycles. The molecule has 0 heterocycles. The maximum atomic E-state index is 11.7. The molecular formula is C12H22O4S. The van der Waals surface area contributed by atoms with E-state index >= 15 is 0 Å². The van der Waals surface area contributed by atoms with Crippen LogP contribution < -0.4 is 0 Å². The monoisotopic (exact) mass is 262 g/mol. The number of unbranched alkanes of at least 4 members (excludes halogenated alkanes) is 2. The van der Waals surface area contributed by atoms with Crippen molar-refractivity contribution in [1.29, 1.82) is 0 Å². The molecule has 0 saturated carbocycles. The number of esters is 1. The third-order valence-electron chi connectivity index (χ3n) is 2.31. The van der Waals surface area contributed by atoms with Crippen LogP contribution in [0.4, 0.5) is 0 Å². The smallest absolute Gasteiger partial charge is 0.321 e. The Balaban J connectivity index is 3.99. The third-order valence-corrected chi connectivity index (χ3v) is 4.79. The summed E-state index contributed by atoms with van der Waals surface area (Å²) in [6.45, 7) is 8.56. The summed E-state index contributed by atoms with van der Waals surface area (Å²) in [5.74, 6) is -1.21. The van der Waals surface area contributed by atoms with Crippen molar-refractivity contribution in [3.05, 3.63) is 12.7 Å². The molecule has 0 aromatic rings. The van der Waals surface area contributed by atoms with Crippen LogP contribution in [0, 0.1) is 0 Å². The van der Waals surface area contributed by atoms with Crippen molar-refractivity contribution in [2.24, 2.45) is 0 Å². The first-order chi connectivity index (χ1) is 7.70. The van der Waals surface area contributed by atoms with Gasteiger partial charge in [0.05, 0.1) is 11.4 Å². The molecule has 0 bridgehead atoms. The van der Waals surface area contributed by atoms with Gasteiger partial charge >= 0.3 is 5.97 Å². The zero-order valence-electron chi connectivity index (χ0n) is 10.9. The van der Waals surface area contributed by atoms with E-state index in [0.717, 1.165) is 19.3 Å². The number of carbonyl (C=O) groups is 1. The molecule has 0 aliphatic heterocycles. The predicted molar refractivity (Wildman–Crippen MR) is 68.5 cm³/mol. The van der Waals surface area contributed by atoms with Gasteiger partial charge in [0.2, 0.25) is 0 Å². The highest BCUT2D eigenvalue weighted by molar-refractivity contribution is 7.93. The molecule has 0 aliphatic rings. The highest BCUT2D eigenvalue weighted by Crippen LogP contribution is 2.16. The van der Waals surface area contributed by atoms with Crippen molar-refractivity contribution < 1.29 is 17.9 Å². The Morgan fingerprint density at radius 2 is 1.88 bits per heavy atom.